The molecule has 0 saturated heterocycles. The Hall–Kier alpha value is -1.80. The van der Waals surface area contributed by atoms with E-state index in [1.165, 1.54) is 27.2 Å². The minimum atomic E-state index is -4.02. The highest BCUT2D eigenvalue weighted by atomic mass is 32.2. The van der Waals surface area contributed by atoms with Gasteiger partial charge in [-0.3, -0.25) is 4.18 Å². The van der Waals surface area contributed by atoms with Gasteiger partial charge in [0.2, 0.25) is 0 Å². The lowest BCUT2D eigenvalue weighted by Gasteiger charge is -2.12. The summed E-state index contributed by atoms with van der Waals surface area (Å²) in [5, 5.41) is 0. The maximum atomic E-state index is 11.8. The lowest BCUT2D eigenvalue weighted by Crippen LogP contribution is -2.12. The largest absolute Gasteiger partial charge is 0.496 e. The second-order valence-electron chi connectivity index (χ2n) is 3.44. The number of ether oxygens (including phenoxy) is 2. The Morgan fingerprint density at radius 1 is 1.32 bits per heavy atom. The van der Waals surface area contributed by atoms with Crippen molar-refractivity contribution in [3.05, 3.63) is 17.7 Å². The normalized spacial score (nSPS) is 11.1. The molecule has 0 fully saturated rings. The molecule has 7 nitrogen and oxygen atoms in total. The highest BCUT2D eigenvalue weighted by Crippen LogP contribution is 2.30. The second kappa shape index (κ2) is 5.89. The molecular weight excluding hydrogens is 274 g/mol. The van der Waals surface area contributed by atoms with Crippen LogP contribution in [0.25, 0.3) is 0 Å². The van der Waals surface area contributed by atoms with Crippen LogP contribution in [0.1, 0.15) is 17.3 Å². The first-order valence-corrected chi connectivity index (χ1v) is 6.73. The smallest absolute Gasteiger partial charge is 0.341 e. The molecule has 0 aromatic heterocycles. The van der Waals surface area contributed by atoms with Crippen LogP contribution in [0.4, 0.5) is 5.69 Å². The topological polar surface area (TPSA) is 105 Å². The van der Waals surface area contributed by atoms with Crippen LogP contribution in [0.5, 0.6) is 5.75 Å². The molecule has 19 heavy (non-hydrogen) atoms. The van der Waals surface area contributed by atoms with Gasteiger partial charge in [0, 0.05) is 6.07 Å². The average Bonchev–Trinajstić information content (AvgIpc) is 2.36. The van der Waals surface area contributed by atoms with E-state index < -0.39 is 16.1 Å². The van der Waals surface area contributed by atoms with Gasteiger partial charge in [0.15, 0.2) is 0 Å². The van der Waals surface area contributed by atoms with Crippen LogP contribution in [-0.4, -0.2) is 35.2 Å². The van der Waals surface area contributed by atoms with E-state index in [9.17, 15) is 13.2 Å². The Kier molecular flexibility index (Phi) is 4.73. The average molecular weight is 289 g/mol. The lowest BCUT2D eigenvalue weighted by atomic mass is 10.2. The molecule has 0 aliphatic carbocycles. The minimum Gasteiger partial charge on any atom is -0.496 e. The van der Waals surface area contributed by atoms with Gasteiger partial charge in [-0.25, -0.2) is 4.79 Å². The van der Waals surface area contributed by atoms with Crippen LogP contribution in [0.3, 0.4) is 0 Å². The fourth-order valence-corrected chi connectivity index (χ4v) is 2.50. The van der Waals surface area contributed by atoms with Crippen molar-refractivity contribution in [3.8, 4) is 5.75 Å². The third-order valence-electron chi connectivity index (χ3n) is 2.28. The summed E-state index contributed by atoms with van der Waals surface area (Å²) in [5.41, 5.74) is 5.52. The molecule has 8 heteroatoms. The predicted molar refractivity (Wildman–Crippen MR) is 67.6 cm³/mol. The molecule has 0 saturated carbocycles. The van der Waals surface area contributed by atoms with Gasteiger partial charge in [-0.1, -0.05) is 0 Å². The molecule has 0 atom stereocenters. The summed E-state index contributed by atoms with van der Waals surface area (Å²) >= 11 is 0. The predicted octanol–water partition coefficient (Wildman–Crippen LogP) is 0.789. The first-order valence-electron chi connectivity index (χ1n) is 5.32. The number of hydrogen-bond donors (Lipinski definition) is 1. The minimum absolute atomic E-state index is 0.0403. The zero-order chi connectivity index (χ0) is 14.6. The van der Waals surface area contributed by atoms with Crippen molar-refractivity contribution in [2.24, 2.45) is 0 Å². The van der Waals surface area contributed by atoms with E-state index in [0.29, 0.717) is 0 Å². The first kappa shape index (κ1) is 15.3. The van der Waals surface area contributed by atoms with E-state index in [4.69, 9.17) is 10.5 Å². The van der Waals surface area contributed by atoms with Crippen molar-refractivity contribution >= 4 is 21.8 Å². The van der Waals surface area contributed by atoms with Gasteiger partial charge < -0.3 is 15.2 Å². The Morgan fingerprint density at radius 3 is 2.42 bits per heavy atom. The summed E-state index contributed by atoms with van der Waals surface area (Å²) in [7, 11) is -1.51. The molecule has 0 heterocycles. The fraction of sp³-hybridized carbons (Fsp3) is 0.364. The SMILES string of the molecule is CCOS(=O)(=O)c1cc(C(=O)OC)c(OC)cc1N. The molecule has 0 spiro atoms. The van der Waals surface area contributed by atoms with E-state index >= 15 is 0 Å². The molecular formula is C11H15NO6S. The highest BCUT2D eigenvalue weighted by molar-refractivity contribution is 7.87. The molecule has 106 valence electrons. The van der Waals surface area contributed by atoms with E-state index in [1.54, 1.807) is 0 Å². The molecule has 2 N–H and O–H groups in total. The lowest BCUT2D eigenvalue weighted by molar-refractivity contribution is 0.0597. The molecule has 1 rings (SSSR count). The van der Waals surface area contributed by atoms with Gasteiger partial charge in [0.05, 0.1) is 26.5 Å². The van der Waals surface area contributed by atoms with Crippen LogP contribution < -0.4 is 10.5 Å². The van der Waals surface area contributed by atoms with Crippen molar-refractivity contribution in [3.63, 3.8) is 0 Å². The highest BCUT2D eigenvalue weighted by Gasteiger charge is 2.24. The number of benzene rings is 1. The van der Waals surface area contributed by atoms with Crippen molar-refractivity contribution in [1.29, 1.82) is 0 Å². The monoisotopic (exact) mass is 289 g/mol. The first-order chi connectivity index (χ1) is 8.87. The van der Waals surface area contributed by atoms with Crippen molar-refractivity contribution in [1.82, 2.24) is 0 Å². The zero-order valence-electron chi connectivity index (χ0n) is 10.8. The van der Waals surface area contributed by atoms with Gasteiger partial charge in [-0.2, -0.15) is 8.42 Å². The number of hydrogen-bond acceptors (Lipinski definition) is 7. The molecule has 0 aliphatic heterocycles. The van der Waals surface area contributed by atoms with Gasteiger partial charge in [-0.05, 0) is 13.0 Å². The molecule has 1 aromatic rings. The summed E-state index contributed by atoms with van der Waals surface area (Å²) in [5.74, 6) is -0.607. The number of carbonyl (C=O) groups excluding carboxylic acids is 1. The van der Waals surface area contributed by atoms with E-state index in [0.717, 1.165) is 6.07 Å². The van der Waals surface area contributed by atoms with Crippen LogP contribution in [0.15, 0.2) is 17.0 Å². The Labute approximate surface area is 111 Å². The number of methoxy groups -OCH3 is 2. The number of rotatable bonds is 5. The van der Waals surface area contributed by atoms with E-state index in [-0.39, 0.29) is 28.5 Å². The summed E-state index contributed by atoms with van der Waals surface area (Å²) < 4.78 is 37.8. The molecule has 0 aliphatic rings. The molecule has 0 bridgehead atoms. The summed E-state index contributed by atoms with van der Waals surface area (Å²) in [6, 6.07) is 2.31. The van der Waals surface area contributed by atoms with Crippen LogP contribution in [0.2, 0.25) is 0 Å². The molecule has 0 amide bonds. The van der Waals surface area contributed by atoms with Gasteiger partial charge in [-0.15, -0.1) is 0 Å². The number of anilines is 1. The standard InChI is InChI=1S/C11H15NO6S/c1-4-18-19(14,15)10-5-7(11(13)17-3)9(16-2)6-8(10)12/h5-6H,4,12H2,1-3H3. The summed E-state index contributed by atoms with van der Waals surface area (Å²) in [6.07, 6.45) is 0. The quantitative estimate of drug-likeness (QED) is 0.485. The van der Waals surface area contributed by atoms with Crippen LogP contribution in [-0.2, 0) is 19.0 Å². The Balaban J connectivity index is 3.48. The second-order valence-corrected chi connectivity index (χ2v) is 5.03. The maximum absolute atomic E-state index is 11.8. The van der Waals surface area contributed by atoms with Crippen molar-refractivity contribution in [2.45, 2.75) is 11.8 Å². The van der Waals surface area contributed by atoms with E-state index in [1.807, 2.05) is 0 Å². The van der Waals surface area contributed by atoms with Crippen LogP contribution in [0, 0.1) is 0 Å². The van der Waals surface area contributed by atoms with Crippen molar-refractivity contribution in [2.75, 3.05) is 26.6 Å². The molecule has 1 aromatic carbocycles. The number of nitrogens with two attached hydrogens (primary N) is 1. The number of carbonyl (C=O) groups is 1. The fourth-order valence-electron chi connectivity index (χ4n) is 1.45. The third-order valence-corrected chi connectivity index (χ3v) is 3.72. The third kappa shape index (κ3) is 3.15. The van der Waals surface area contributed by atoms with Gasteiger partial charge in [0.1, 0.15) is 16.2 Å². The zero-order valence-corrected chi connectivity index (χ0v) is 11.6. The molecule has 0 radical (unpaired) electrons. The molecule has 0 unspecified atom stereocenters. The van der Waals surface area contributed by atoms with Gasteiger partial charge in [0.25, 0.3) is 10.1 Å². The summed E-state index contributed by atoms with van der Waals surface area (Å²) in [6.45, 7) is 1.49. The van der Waals surface area contributed by atoms with Crippen LogP contribution >= 0.6 is 0 Å². The Bertz CT molecular complexity index is 581. The number of esters is 1. The van der Waals surface area contributed by atoms with Gasteiger partial charge >= 0.3 is 5.97 Å². The van der Waals surface area contributed by atoms with Crippen molar-refractivity contribution < 1.29 is 26.9 Å². The summed E-state index contributed by atoms with van der Waals surface area (Å²) in [4.78, 5) is 11.3. The number of nitrogen functional groups attached to an aromatic ring is 1. The Morgan fingerprint density at radius 2 is 1.95 bits per heavy atom. The van der Waals surface area contributed by atoms with E-state index in [2.05, 4.69) is 8.92 Å². The maximum Gasteiger partial charge on any atom is 0.341 e.